The van der Waals surface area contributed by atoms with Gasteiger partial charge in [-0.2, -0.15) is 0 Å². The highest BCUT2D eigenvalue weighted by Crippen LogP contribution is 2.20. The van der Waals surface area contributed by atoms with Crippen LogP contribution < -0.4 is 0 Å². The fourth-order valence-electron chi connectivity index (χ4n) is 2.97. The molecule has 1 aliphatic heterocycles. The van der Waals surface area contributed by atoms with Gasteiger partial charge in [-0.05, 0) is 42.9 Å². The van der Waals surface area contributed by atoms with Crippen molar-refractivity contribution in [2.45, 2.75) is 32.6 Å². The summed E-state index contributed by atoms with van der Waals surface area (Å²) >= 11 is 0. The average Bonchev–Trinajstić information content (AvgIpc) is 2.47. The Morgan fingerprint density at radius 1 is 1.45 bits per heavy atom. The van der Waals surface area contributed by atoms with Gasteiger partial charge in [-0.25, -0.2) is 4.39 Å². The fraction of sp³-hybridized carbons (Fsp3) is 0.529. The number of piperidine rings is 1. The molecule has 1 aliphatic rings. The molecule has 4 nitrogen and oxygen atoms in total. The van der Waals surface area contributed by atoms with Crippen LogP contribution in [0.1, 0.15) is 31.7 Å². The Morgan fingerprint density at radius 2 is 2.23 bits per heavy atom. The Morgan fingerprint density at radius 3 is 2.91 bits per heavy atom. The van der Waals surface area contributed by atoms with Gasteiger partial charge in [0.25, 0.3) is 0 Å². The predicted octanol–water partition coefficient (Wildman–Crippen LogP) is 2.72. The van der Waals surface area contributed by atoms with Crippen LogP contribution in [0.4, 0.5) is 4.39 Å². The van der Waals surface area contributed by atoms with Crippen molar-refractivity contribution in [2.75, 3.05) is 13.1 Å². The Balaban J connectivity index is 1.86. The molecular formula is C17H22FNO3. The maximum absolute atomic E-state index is 13.2. The largest absolute Gasteiger partial charge is 0.481 e. The standard InChI is InChI=1S/C17H22FNO3/c1-12(8-13-4-2-6-15(18)10-13)9-16(20)19-7-3-5-14(11-19)17(21)22/h2,4,6,10,12,14H,3,5,7-9,11H2,1H3,(H,21,22)/t12-,14-/m1/s1. The lowest BCUT2D eigenvalue weighted by atomic mass is 9.95. The van der Waals surface area contributed by atoms with Crippen LogP contribution in [-0.2, 0) is 16.0 Å². The number of carbonyl (C=O) groups excluding carboxylic acids is 1. The average molecular weight is 307 g/mol. The maximum atomic E-state index is 13.2. The second-order valence-electron chi connectivity index (χ2n) is 6.16. The summed E-state index contributed by atoms with van der Waals surface area (Å²) in [7, 11) is 0. The molecule has 1 heterocycles. The number of carbonyl (C=O) groups is 2. The summed E-state index contributed by atoms with van der Waals surface area (Å²) in [5.74, 6) is -1.45. The zero-order valence-corrected chi connectivity index (χ0v) is 12.8. The lowest BCUT2D eigenvalue weighted by Gasteiger charge is -2.31. The Labute approximate surface area is 129 Å². The molecule has 22 heavy (non-hydrogen) atoms. The van der Waals surface area contributed by atoms with Crippen molar-refractivity contribution in [2.24, 2.45) is 11.8 Å². The van der Waals surface area contributed by atoms with Gasteiger partial charge in [-0.3, -0.25) is 9.59 Å². The molecule has 0 spiro atoms. The van der Waals surface area contributed by atoms with Gasteiger partial charge < -0.3 is 10.0 Å². The normalized spacial score (nSPS) is 19.7. The van der Waals surface area contributed by atoms with Crippen LogP contribution in [0.2, 0.25) is 0 Å². The molecule has 0 unspecified atom stereocenters. The lowest BCUT2D eigenvalue weighted by molar-refractivity contribution is -0.145. The Kier molecular flexibility index (Phi) is 5.52. The lowest BCUT2D eigenvalue weighted by Crippen LogP contribution is -2.42. The minimum atomic E-state index is -0.828. The number of halogens is 1. The highest BCUT2D eigenvalue weighted by molar-refractivity contribution is 5.78. The number of carboxylic acid groups (broad SMARTS) is 1. The molecule has 0 saturated carbocycles. The summed E-state index contributed by atoms with van der Waals surface area (Å²) in [6.07, 6.45) is 2.38. The molecule has 2 rings (SSSR count). The minimum Gasteiger partial charge on any atom is -0.481 e. The van der Waals surface area contributed by atoms with Crippen LogP contribution in [0.5, 0.6) is 0 Å². The van der Waals surface area contributed by atoms with Crippen LogP contribution in [-0.4, -0.2) is 35.0 Å². The quantitative estimate of drug-likeness (QED) is 0.910. The number of hydrogen-bond donors (Lipinski definition) is 1. The van der Waals surface area contributed by atoms with Crippen molar-refractivity contribution < 1.29 is 19.1 Å². The number of likely N-dealkylation sites (tertiary alicyclic amines) is 1. The molecule has 5 heteroatoms. The molecule has 120 valence electrons. The van der Waals surface area contributed by atoms with E-state index in [0.717, 1.165) is 12.0 Å². The molecule has 1 amide bonds. The molecule has 0 bridgehead atoms. The van der Waals surface area contributed by atoms with E-state index in [4.69, 9.17) is 5.11 Å². The minimum absolute atomic E-state index is 0.00477. The summed E-state index contributed by atoms with van der Waals surface area (Å²) in [6, 6.07) is 6.41. The van der Waals surface area contributed by atoms with E-state index in [0.29, 0.717) is 32.4 Å². The van der Waals surface area contributed by atoms with Gasteiger partial charge in [0.15, 0.2) is 0 Å². The number of nitrogens with zero attached hydrogens (tertiary/aromatic N) is 1. The van der Waals surface area contributed by atoms with Crippen LogP contribution in [0.3, 0.4) is 0 Å². The third kappa shape index (κ3) is 4.55. The van der Waals surface area contributed by atoms with Crippen molar-refractivity contribution >= 4 is 11.9 Å². The second kappa shape index (κ2) is 7.38. The maximum Gasteiger partial charge on any atom is 0.308 e. The van der Waals surface area contributed by atoms with E-state index in [1.807, 2.05) is 13.0 Å². The first-order valence-corrected chi connectivity index (χ1v) is 7.70. The summed E-state index contributed by atoms with van der Waals surface area (Å²) in [4.78, 5) is 25.0. The summed E-state index contributed by atoms with van der Waals surface area (Å²) < 4.78 is 13.2. The van der Waals surface area contributed by atoms with Gasteiger partial charge >= 0.3 is 5.97 Å². The van der Waals surface area contributed by atoms with Gasteiger partial charge in [0.1, 0.15) is 5.82 Å². The first kappa shape index (κ1) is 16.5. The molecule has 1 N–H and O–H groups in total. The molecule has 1 aromatic rings. The Bertz CT molecular complexity index is 546. The van der Waals surface area contributed by atoms with Gasteiger partial charge in [0.05, 0.1) is 5.92 Å². The third-order valence-corrected chi connectivity index (χ3v) is 4.12. The van der Waals surface area contributed by atoms with Gasteiger partial charge in [-0.1, -0.05) is 19.1 Å². The molecule has 0 aromatic heterocycles. The van der Waals surface area contributed by atoms with Gasteiger partial charge in [0.2, 0.25) is 5.91 Å². The van der Waals surface area contributed by atoms with E-state index in [1.54, 1.807) is 11.0 Å². The molecule has 1 aromatic carbocycles. The van der Waals surface area contributed by atoms with Crippen molar-refractivity contribution in [1.29, 1.82) is 0 Å². The van der Waals surface area contributed by atoms with Crippen LogP contribution in [0.25, 0.3) is 0 Å². The van der Waals surface area contributed by atoms with Crippen LogP contribution in [0, 0.1) is 17.7 Å². The molecule has 1 saturated heterocycles. The number of benzene rings is 1. The van der Waals surface area contributed by atoms with Crippen molar-refractivity contribution in [3.8, 4) is 0 Å². The van der Waals surface area contributed by atoms with E-state index in [9.17, 15) is 14.0 Å². The number of rotatable bonds is 5. The first-order valence-electron chi connectivity index (χ1n) is 7.70. The number of hydrogen-bond acceptors (Lipinski definition) is 2. The van der Waals surface area contributed by atoms with Gasteiger partial charge in [-0.15, -0.1) is 0 Å². The fourth-order valence-corrected chi connectivity index (χ4v) is 2.97. The van der Waals surface area contributed by atoms with Crippen LogP contribution >= 0.6 is 0 Å². The predicted molar refractivity (Wildman–Crippen MR) is 80.8 cm³/mol. The van der Waals surface area contributed by atoms with Crippen LogP contribution in [0.15, 0.2) is 24.3 Å². The molecule has 2 atom stereocenters. The highest BCUT2D eigenvalue weighted by Gasteiger charge is 2.28. The molecule has 0 aliphatic carbocycles. The Hall–Kier alpha value is -1.91. The summed E-state index contributed by atoms with van der Waals surface area (Å²) in [5.41, 5.74) is 0.877. The molecule has 0 radical (unpaired) electrons. The second-order valence-corrected chi connectivity index (χ2v) is 6.16. The SMILES string of the molecule is C[C@@H](CC(=O)N1CCC[C@@H](C(=O)O)C1)Cc1cccc(F)c1. The van der Waals surface area contributed by atoms with Crippen molar-refractivity contribution in [1.82, 2.24) is 4.90 Å². The third-order valence-electron chi connectivity index (χ3n) is 4.12. The number of amides is 1. The topological polar surface area (TPSA) is 57.6 Å². The van der Waals surface area contributed by atoms with E-state index in [1.165, 1.54) is 12.1 Å². The van der Waals surface area contributed by atoms with E-state index < -0.39 is 11.9 Å². The van der Waals surface area contributed by atoms with E-state index >= 15 is 0 Å². The smallest absolute Gasteiger partial charge is 0.308 e. The summed E-state index contributed by atoms with van der Waals surface area (Å²) in [5, 5.41) is 9.07. The molecule has 1 fully saturated rings. The number of aliphatic carboxylic acids is 1. The zero-order chi connectivity index (χ0) is 16.1. The van der Waals surface area contributed by atoms with E-state index in [2.05, 4.69) is 0 Å². The first-order chi connectivity index (χ1) is 10.5. The van der Waals surface area contributed by atoms with Crippen molar-refractivity contribution in [3.63, 3.8) is 0 Å². The van der Waals surface area contributed by atoms with Gasteiger partial charge in [0, 0.05) is 19.5 Å². The summed E-state index contributed by atoms with van der Waals surface area (Å²) in [6.45, 7) is 2.90. The zero-order valence-electron chi connectivity index (χ0n) is 12.8. The molecular weight excluding hydrogens is 285 g/mol. The number of carboxylic acids is 1. The highest BCUT2D eigenvalue weighted by atomic mass is 19.1. The monoisotopic (exact) mass is 307 g/mol. The van der Waals surface area contributed by atoms with E-state index in [-0.39, 0.29) is 17.6 Å². The van der Waals surface area contributed by atoms with Crippen molar-refractivity contribution in [3.05, 3.63) is 35.6 Å².